The first-order valence-electron chi connectivity index (χ1n) is 6.19. The van der Waals surface area contributed by atoms with E-state index in [1.807, 2.05) is 0 Å². The Hall–Kier alpha value is -2.00. The molecule has 0 aliphatic heterocycles. The maximum Gasteiger partial charge on any atom is 0.241 e. The first kappa shape index (κ1) is 15.4. The van der Waals surface area contributed by atoms with E-state index in [1.165, 1.54) is 19.3 Å². The number of hydrogen-bond acceptors (Lipinski definition) is 5. The van der Waals surface area contributed by atoms with Gasteiger partial charge in [0, 0.05) is 31.3 Å². The van der Waals surface area contributed by atoms with Crippen LogP contribution in [0.3, 0.4) is 0 Å². The van der Waals surface area contributed by atoms with Crippen LogP contribution < -0.4 is 10.5 Å². The average molecular weight is 313 g/mol. The van der Waals surface area contributed by atoms with Gasteiger partial charge in [-0.2, -0.15) is 0 Å². The molecule has 0 spiro atoms. The van der Waals surface area contributed by atoms with E-state index in [0.717, 1.165) is 6.07 Å². The highest BCUT2D eigenvalue weighted by Crippen LogP contribution is 2.21. The molecule has 0 fully saturated rings. The molecule has 0 amide bonds. The lowest BCUT2D eigenvalue weighted by Gasteiger charge is -2.10. The van der Waals surface area contributed by atoms with Gasteiger partial charge in [-0.3, -0.25) is 0 Å². The van der Waals surface area contributed by atoms with Gasteiger partial charge in [-0.05, 0) is 19.1 Å². The zero-order valence-corrected chi connectivity index (χ0v) is 12.5. The van der Waals surface area contributed by atoms with E-state index in [4.69, 9.17) is 5.73 Å². The van der Waals surface area contributed by atoms with Crippen molar-refractivity contribution in [2.75, 3.05) is 12.3 Å². The van der Waals surface area contributed by atoms with Gasteiger partial charge in [-0.15, -0.1) is 10.2 Å². The maximum atomic E-state index is 13.6. The van der Waals surface area contributed by atoms with Gasteiger partial charge in [0.05, 0.1) is 4.90 Å². The van der Waals surface area contributed by atoms with Crippen LogP contribution in [0.5, 0.6) is 0 Å². The monoisotopic (exact) mass is 313 g/mol. The lowest BCUT2D eigenvalue weighted by Crippen LogP contribution is -2.27. The Morgan fingerprint density at radius 2 is 2.14 bits per heavy atom. The molecule has 1 aromatic carbocycles. The molecule has 0 atom stereocenters. The number of nitrogen functional groups attached to an aromatic ring is 1. The summed E-state index contributed by atoms with van der Waals surface area (Å²) >= 11 is 0. The Labute approximate surface area is 122 Å². The Kier molecular flexibility index (Phi) is 4.24. The third-order valence-corrected chi connectivity index (χ3v) is 4.64. The molecular weight excluding hydrogens is 297 g/mol. The van der Waals surface area contributed by atoms with Gasteiger partial charge >= 0.3 is 0 Å². The Bertz CT molecular complexity index is 757. The number of aromatic nitrogens is 3. The summed E-state index contributed by atoms with van der Waals surface area (Å²) in [4.78, 5) is -0.155. The van der Waals surface area contributed by atoms with Crippen molar-refractivity contribution in [3.63, 3.8) is 0 Å². The number of hydrogen-bond donors (Lipinski definition) is 2. The van der Waals surface area contributed by atoms with Gasteiger partial charge in [-0.1, -0.05) is 0 Å². The lowest BCUT2D eigenvalue weighted by molar-refractivity contribution is 0.573. The van der Waals surface area contributed by atoms with E-state index in [1.54, 1.807) is 11.6 Å². The van der Waals surface area contributed by atoms with Crippen LogP contribution in [0.15, 0.2) is 23.4 Å². The summed E-state index contributed by atoms with van der Waals surface area (Å²) in [6, 6.07) is 2.33. The van der Waals surface area contributed by atoms with Crippen molar-refractivity contribution in [1.82, 2.24) is 19.5 Å². The minimum Gasteiger partial charge on any atom is -0.399 e. The van der Waals surface area contributed by atoms with Gasteiger partial charge in [0.15, 0.2) is 0 Å². The van der Waals surface area contributed by atoms with Gasteiger partial charge in [-0.25, -0.2) is 17.5 Å². The third kappa shape index (κ3) is 3.37. The third-order valence-electron chi connectivity index (χ3n) is 3.05. The number of benzene rings is 1. The first-order valence-corrected chi connectivity index (χ1v) is 7.68. The molecule has 0 unspecified atom stereocenters. The highest BCUT2D eigenvalue weighted by atomic mass is 32.2. The highest BCUT2D eigenvalue weighted by Gasteiger charge is 2.19. The summed E-state index contributed by atoms with van der Waals surface area (Å²) in [7, 11) is -2.06. The molecule has 2 rings (SSSR count). The van der Waals surface area contributed by atoms with Crippen LogP contribution in [-0.4, -0.2) is 29.7 Å². The van der Waals surface area contributed by atoms with Crippen LogP contribution >= 0.6 is 0 Å². The lowest BCUT2D eigenvalue weighted by atomic mass is 10.2. The number of sulfonamides is 1. The molecule has 0 aliphatic carbocycles. The standard InChI is InChI=1S/C12H16FN5O2S/c1-8-10(13)5-9(14)6-11(8)21(19,20)16-4-3-12-17-15-7-18(12)2/h5-7,16H,3-4,14H2,1-2H3. The van der Waals surface area contributed by atoms with Crippen LogP contribution in [0.2, 0.25) is 0 Å². The van der Waals surface area contributed by atoms with Crippen LogP contribution in [0.25, 0.3) is 0 Å². The quantitative estimate of drug-likeness (QED) is 0.776. The zero-order valence-electron chi connectivity index (χ0n) is 11.7. The summed E-state index contributed by atoms with van der Waals surface area (Å²) in [5.74, 6) is -0.00291. The number of anilines is 1. The van der Waals surface area contributed by atoms with Crippen molar-refractivity contribution < 1.29 is 12.8 Å². The van der Waals surface area contributed by atoms with Crippen LogP contribution in [0.1, 0.15) is 11.4 Å². The number of nitrogens with zero attached hydrogens (tertiary/aromatic N) is 3. The molecule has 0 radical (unpaired) electrons. The predicted molar refractivity (Wildman–Crippen MR) is 75.4 cm³/mol. The second kappa shape index (κ2) is 5.78. The molecule has 3 N–H and O–H groups in total. The van der Waals surface area contributed by atoms with Gasteiger partial charge in [0.1, 0.15) is 18.0 Å². The molecule has 0 aliphatic rings. The summed E-state index contributed by atoms with van der Waals surface area (Å²) in [5.41, 5.74) is 5.60. The Morgan fingerprint density at radius 1 is 1.43 bits per heavy atom. The fourth-order valence-corrected chi connectivity index (χ4v) is 3.18. The van der Waals surface area contributed by atoms with E-state index >= 15 is 0 Å². The number of rotatable bonds is 5. The van der Waals surface area contributed by atoms with Crippen molar-refractivity contribution in [3.8, 4) is 0 Å². The molecular formula is C12H16FN5O2S. The predicted octanol–water partition coefficient (Wildman–Crippen LogP) is 0.366. The van der Waals surface area contributed by atoms with Gasteiger partial charge in [0.2, 0.25) is 10.0 Å². The van der Waals surface area contributed by atoms with Crippen LogP contribution in [0.4, 0.5) is 10.1 Å². The average Bonchev–Trinajstić information content (AvgIpc) is 2.79. The van der Waals surface area contributed by atoms with E-state index < -0.39 is 15.8 Å². The van der Waals surface area contributed by atoms with Crippen molar-refractivity contribution in [3.05, 3.63) is 35.7 Å². The molecule has 7 nitrogen and oxygen atoms in total. The molecule has 9 heteroatoms. The van der Waals surface area contributed by atoms with Crippen molar-refractivity contribution in [1.29, 1.82) is 0 Å². The second-order valence-corrected chi connectivity index (χ2v) is 6.37. The summed E-state index contributed by atoms with van der Waals surface area (Å²) in [6.07, 6.45) is 1.90. The molecule has 2 aromatic rings. The van der Waals surface area contributed by atoms with Crippen molar-refractivity contribution in [2.24, 2.45) is 7.05 Å². The first-order chi connectivity index (χ1) is 9.81. The largest absolute Gasteiger partial charge is 0.399 e. The minimum atomic E-state index is -3.83. The van der Waals surface area contributed by atoms with Crippen LogP contribution in [-0.2, 0) is 23.5 Å². The van der Waals surface area contributed by atoms with Crippen LogP contribution in [0, 0.1) is 12.7 Å². The highest BCUT2D eigenvalue weighted by molar-refractivity contribution is 7.89. The molecule has 1 aromatic heterocycles. The number of nitrogens with two attached hydrogens (primary N) is 1. The smallest absolute Gasteiger partial charge is 0.241 e. The van der Waals surface area contributed by atoms with E-state index in [0.29, 0.717) is 12.2 Å². The second-order valence-electron chi connectivity index (χ2n) is 4.63. The minimum absolute atomic E-state index is 0.0374. The topological polar surface area (TPSA) is 103 Å². The maximum absolute atomic E-state index is 13.6. The van der Waals surface area contributed by atoms with E-state index in [9.17, 15) is 12.8 Å². The summed E-state index contributed by atoms with van der Waals surface area (Å²) in [6.45, 7) is 1.52. The summed E-state index contributed by atoms with van der Waals surface area (Å²) in [5, 5.41) is 7.55. The SMILES string of the molecule is Cc1c(F)cc(N)cc1S(=O)(=O)NCCc1nncn1C. The molecule has 1 heterocycles. The summed E-state index contributed by atoms with van der Waals surface area (Å²) < 4.78 is 42.1. The Balaban J connectivity index is 2.14. The zero-order chi connectivity index (χ0) is 15.6. The van der Waals surface area contributed by atoms with E-state index in [2.05, 4.69) is 14.9 Å². The fourth-order valence-electron chi connectivity index (χ4n) is 1.86. The number of nitrogens with one attached hydrogen (secondary N) is 1. The molecule has 0 bridgehead atoms. The van der Waals surface area contributed by atoms with Gasteiger partial charge < -0.3 is 10.3 Å². The normalized spacial score (nSPS) is 11.8. The number of aryl methyl sites for hydroxylation is 1. The molecule has 114 valence electrons. The molecule has 21 heavy (non-hydrogen) atoms. The van der Waals surface area contributed by atoms with Crippen molar-refractivity contribution >= 4 is 15.7 Å². The van der Waals surface area contributed by atoms with Gasteiger partial charge in [0.25, 0.3) is 0 Å². The van der Waals surface area contributed by atoms with Crippen molar-refractivity contribution in [2.45, 2.75) is 18.2 Å². The molecule has 0 saturated carbocycles. The number of halogens is 1. The van der Waals surface area contributed by atoms with E-state index in [-0.39, 0.29) is 22.7 Å². The molecule has 0 saturated heterocycles. The fraction of sp³-hybridized carbons (Fsp3) is 0.333. The Morgan fingerprint density at radius 3 is 2.76 bits per heavy atom.